The Morgan fingerprint density at radius 2 is 1.96 bits per heavy atom. The molecule has 1 amide bonds. The number of piperidine rings is 1. The van der Waals surface area contributed by atoms with Crippen LogP contribution < -0.4 is 10.6 Å². The van der Waals surface area contributed by atoms with Crippen LogP contribution in [0.5, 0.6) is 0 Å². The van der Waals surface area contributed by atoms with Gasteiger partial charge in [-0.15, -0.1) is 35.0 Å². The molecule has 2 heterocycles. The van der Waals surface area contributed by atoms with Gasteiger partial charge in [-0.2, -0.15) is 0 Å². The average molecular weight is 450 g/mol. The van der Waals surface area contributed by atoms with Gasteiger partial charge in [0.25, 0.3) is 0 Å². The maximum atomic E-state index is 12.9. The molecule has 1 fully saturated rings. The van der Waals surface area contributed by atoms with Gasteiger partial charge >= 0.3 is 0 Å². The first-order valence-electron chi connectivity index (χ1n) is 8.57. The van der Waals surface area contributed by atoms with E-state index in [4.69, 9.17) is 0 Å². The number of amides is 1. The van der Waals surface area contributed by atoms with E-state index in [-0.39, 0.29) is 37.7 Å². The van der Waals surface area contributed by atoms with Gasteiger partial charge in [0.2, 0.25) is 5.91 Å². The largest absolute Gasteiger partial charge is 0.325 e. The van der Waals surface area contributed by atoms with Crippen molar-refractivity contribution < 1.29 is 13.2 Å². The molecule has 3 rings (SSSR count). The zero-order valence-electron chi connectivity index (χ0n) is 15.7. The lowest BCUT2D eigenvalue weighted by atomic mass is 9.95. The van der Waals surface area contributed by atoms with E-state index in [1.165, 1.54) is 0 Å². The Hall–Kier alpha value is -1.68. The normalized spacial score (nSPS) is 15.8. The standard InChI is InChI=1S/C17H23N5O3S.2ClH/c1-3-22-12-19-21-15(22)13-5-4-6-14(11-13)20-16(23)17(26(2,24)25)7-9-18-10-8-17;;/h4-6,11-12,18H,3,7-10H2,1-2H3,(H,20,23);2*1H. The number of nitrogens with one attached hydrogen (secondary N) is 2. The molecule has 0 radical (unpaired) electrons. The SMILES string of the molecule is CCn1cnnc1-c1cccc(NC(=O)C2(S(C)(=O)=O)CCNCC2)c1.Cl.Cl. The van der Waals surface area contributed by atoms with E-state index in [2.05, 4.69) is 20.8 Å². The summed E-state index contributed by atoms with van der Waals surface area (Å²) in [6.45, 7) is 3.72. The summed E-state index contributed by atoms with van der Waals surface area (Å²) in [4.78, 5) is 12.9. The van der Waals surface area contributed by atoms with E-state index >= 15 is 0 Å². The van der Waals surface area contributed by atoms with E-state index in [0.717, 1.165) is 18.4 Å². The molecule has 0 aliphatic carbocycles. The van der Waals surface area contributed by atoms with Gasteiger partial charge in [0.15, 0.2) is 20.4 Å². The van der Waals surface area contributed by atoms with Crippen molar-refractivity contribution in [3.05, 3.63) is 30.6 Å². The van der Waals surface area contributed by atoms with Crippen LogP contribution in [0.1, 0.15) is 19.8 Å². The van der Waals surface area contributed by atoms with E-state index in [1.54, 1.807) is 24.5 Å². The summed E-state index contributed by atoms with van der Waals surface area (Å²) < 4.78 is 25.2. The van der Waals surface area contributed by atoms with Crippen molar-refractivity contribution in [3.8, 4) is 11.4 Å². The predicted octanol–water partition coefficient (Wildman–Crippen LogP) is 1.91. The Labute approximate surface area is 177 Å². The van der Waals surface area contributed by atoms with Crippen LogP contribution in [0.4, 0.5) is 5.69 Å². The molecule has 1 aromatic heterocycles. The Balaban J connectivity index is 0.00000196. The Morgan fingerprint density at radius 1 is 1.29 bits per heavy atom. The van der Waals surface area contributed by atoms with Crippen molar-refractivity contribution in [2.45, 2.75) is 31.1 Å². The van der Waals surface area contributed by atoms with Crippen LogP contribution in [-0.2, 0) is 21.2 Å². The van der Waals surface area contributed by atoms with Gasteiger partial charge in [0, 0.05) is 24.1 Å². The number of hydrogen-bond acceptors (Lipinski definition) is 6. The first-order chi connectivity index (χ1) is 12.4. The number of hydrogen-bond donors (Lipinski definition) is 2. The number of carbonyl (C=O) groups excluding carboxylic acids is 1. The van der Waals surface area contributed by atoms with Gasteiger partial charge in [-0.25, -0.2) is 8.42 Å². The fourth-order valence-corrected chi connectivity index (χ4v) is 4.62. The molecule has 1 aromatic carbocycles. The lowest BCUT2D eigenvalue weighted by Gasteiger charge is -2.34. The van der Waals surface area contributed by atoms with Crippen molar-refractivity contribution in [3.63, 3.8) is 0 Å². The Kier molecular flexibility index (Phi) is 8.43. The highest BCUT2D eigenvalue weighted by atomic mass is 35.5. The number of benzene rings is 1. The fraction of sp³-hybridized carbons (Fsp3) is 0.471. The van der Waals surface area contributed by atoms with E-state index < -0.39 is 20.5 Å². The first-order valence-corrected chi connectivity index (χ1v) is 10.5. The first kappa shape index (κ1) is 24.4. The van der Waals surface area contributed by atoms with Gasteiger partial charge in [-0.3, -0.25) is 4.79 Å². The lowest BCUT2D eigenvalue weighted by Crippen LogP contribution is -2.55. The minimum Gasteiger partial charge on any atom is -0.325 e. The highest BCUT2D eigenvalue weighted by molar-refractivity contribution is 7.92. The number of sulfone groups is 1. The number of nitrogens with zero attached hydrogens (tertiary/aromatic N) is 3. The van der Waals surface area contributed by atoms with Crippen molar-refractivity contribution in [2.75, 3.05) is 24.7 Å². The summed E-state index contributed by atoms with van der Waals surface area (Å²) in [6.07, 6.45) is 3.31. The molecule has 156 valence electrons. The number of aryl methyl sites for hydroxylation is 1. The minimum atomic E-state index is -3.55. The molecule has 2 N–H and O–H groups in total. The molecule has 1 saturated heterocycles. The second kappa shape index (κ2) is 9.69. The number of rotatable bonds is 5. The smallest absolute Gasteiger partial charge is 0.245 e. The maximum absolute atomic E-state index is 12.9. The van der Waals surface area contributed by atoms with E-state index in [9.17, 15) is 13.2 Å². The van der Waals surface area contributed by atoms with Gasteiger partial charge in [0.05, 0.1) is 0 Å². The van der Waals surface area contributed by atoms with Crippen LogP contribution in [0, 0.1) is 0 Å². The average Bonchev–Trinajstić information content (AvgIpc) is 3.10. The van der Waals surface area contributed by atoms with Crippen molar-refractivity contribution in [1.29, 1.82) is 0 Å². The second-order valence-electron chi connectivity index (χ2n) is 6.49. The number of aromatic nitrogens is 3. The molecule has 0 unspecified atom stereocenters. The fourth-order valence-electron chi connectivity index (χ4n) is 3.29. The molecule has 1 aliphatic heterocycles. The molecule has 0 atom stereocenters. The van der Waals surface area contributed by atoms with Crippen LogP contribution in [-0.4, -0.2) is 53.2 Å². The van der Waals surface area contributed by atoms with E-state index in [0.29, 0.717) is 24.6 Å². The molecule has 2 aromatic rings. The number of halogens is 2. The molecular formula is C17H25Cl2N5O3S. The zero-order chi connectivity index (χ0) is 18.8. The molecule has 11 heteroatoms. The Morgan fingerprint density at radius 3 is 2.57 bits per heavy atom. The van der Waals surface area contributed by atoms with E-state index in [1.807, 2.05) is 17.6 Å². The number of carbonyl (C=O) groups is 1. The van der Waals surface area contributed by atoms with Gasteiger partial charge in [-0.1, -0.05) is 12.1 Å². The second-order valence-corrected chi connectivity index (χ2v) is 8.82. The summed E-state index contributed by atoms with van der Waals surface area (Å²) in [5.41, 5.74) is 1.35. The van der Waals surface area contributed by atoms with Gasteiger partial charge < -0.3 is 15.2 Å². The minimum absolute atomic E-state index is 0. The maximum Gasteiger partial charge on any atom is 0.245 e. The summed E-state index contributed by atoms with van der Waals surface area (Å²) in [5, 5.41) is 13.9. The predicted molar refractivity (Wildman–Crippen MR) is 114 cm³/mol. The number of anilines is 1. The van der Waals surface area contributed by atoms with Crippen molar-refractivity contribution in [1.82, 2.24) is 20.1 Å². The van der Waals surface area contributed by atoms with Crippen LogP contribution >= 0.6 is 24.8 Å². The molecular weight excluding hydrogens is 425 g/mol. The van der Waals surface area contributed by atoms with Crippen LogP contribution in [0.2, 0.25) is 0 Å². The Bertz CT molecular complexity index is 911. The third kappa shape index (κ3) is 4.65. The molecule has 0 spiro atoms. The highest BCUT2D eigenvalue weighted by Gasteiger charge is 2.48. The summed E-state index contributed by atoms with van der Waals surface area (Å²) in [6, 6.07) is 7.20. The van der Waals surface area contributed by atoms with Gasteiger partial charge in [-0.05, 0) is 45.0 Å². The third-order valence-electron chi connectivity index (χ3n) is 4.87. The molecule has 8 nitrogen and oxygen atoms in total. The topological polar surface area (TPSA) is 106 Å². The van der Waals surface area contributed by atoms with Crippen LogP contribution in [0.25, 0.3) is 11.4 Å². The molecule has 0 saturated carbocycles. The quantitative estimate of drug-likeness (QED) is 0.721. The van der Waals surface area contributed by atoms with Crippen LogP contribution in [0.15, 0.2) is 30.6 Å². The molecule has 28 heavy (non-hydrogen) atoms. The molecule has 1 aliphatic rings. The lowest BCUT2D eigenvalue weighted by molar-refractivity contribution is -0.119. The summed E-state index contributed by atoms with van der Waals surface area (Å²) in [7, 11) is -3.55. The highest BCUT2D eigenvalue weighted by Crippen LogP contribution is 2.30. The summed E-state index contributed by atoms with van der Waals surface area (Å²) >= 11 is 0. The summed E-state index contributed by atoms with van der Waals surface area (Å²) in [5.74, 6) is 0.221. The molecule has 0 bridgehead atoms. The third-order valence-corrected chi connectivity index (χ3v) is 6.88. The van der Waals surface area contributed by atoms with Crippen molar-refractivity contribution >= 4 is 46.2 Å². The van der Waals surface area contributed by atoms with Crippen LogP contribution in [0.3, 0.4) is 0 Å². The monoisotopic (exact) mass is 449 g/mol. The van der Waals surface area contributed by atoms with Gasteiger partial charge in [0.1, 0.15) is 6.33 Å². The zero-order valence-corrected chi connectivity index (χ0v) is 18.2. The van der Waals surface area contributed by atoms with Crippen molar-refractivity contribution in [2.24, 2.45) is 0 Å².